The average molecular weight is 226 g/mol. The van der Waals surface area contributed by atoms with Gasteiger partial charge >= 0.3 is 0 Å². The van der Waals surface area contributed by atoms with Gasteiger partial charge in [-0.25, -0.2) is 0 Å². The fraction of sp³-hybridized carbons (Fsp3) is 0.250. The summed E-state index contributed by atoms with van der Waals surface area (Å²) >= 11 is 0. The molecule has 0 saturated carbocycles. The Hall–Kier alpha value is -1.60. The highest BCUT2D eigenvalue weighted by atomic mass is 16.3. The Bertz CT molecular complexity index is 436. The van der Waals surface area contributed by atoms with E-state index in [-0.39, 0.29) is 5.92 Å². The van der Waals surface area contributed by atoms with Gasteiger partial charge in [-0.1, -0.05) is 67.6 Å². The van der Waals surface area contributed by atoms with Crippen molar-refractivity contribution in [1.29, 1.82) is 0 Å². The molecule has 1 unspecified atom stereocenters. The molecule has 1 heteroatoms. The van der Waals surface area contributed by atoms with Crippen molar-refractivity contribution in [3.8, 4) is 0 Å². The molecule has 0 radical (unpaired) electrons. The molecule has 0 aromatic heterocycles. The quantitative estimate of drug-likeness (QED) is 0.838. The van der Waals surface area contributed by atoms with Crippen LogP contribution in [0.15, 0.2) is 60.7 Å². The molecular weight excluding hydrogens is 208 g/mol. The van der Waals surface area contributed by atoms with Crippen molar-refractivity contribution in [2.75, 3.05) is 0 Å². The zero-order valence-corrected chi connectivity index (χ0v) is 10.1. The van der Waals surface area contributed by atoms with Crippen molar-refractivity contribution in [2.24, 2.45) is 0 Å². The second-order valence-corrected chi connectivity index (χ2v) is 4.28. The standard InChI is InChI=1S/C16H18O/c1-2-15(13-9-5-3-6-10-13)16(17)14-11-7-4-8-12-14/h3-12,15-17H,2H2,1H3/t15?,16-/m1/s1. The number of aliphatic hydroxyl groups excluding tert-OH is 1. The molecule has 2 atom stereocenters. The Kier molecular flexibility index (Phi) is 3.94. The first-order chi connectivity index (χ1) is 8.33. The van der Waals surface area contributed by atoms with Gasteiger partial charge in [0.05, 0.1) is 6.10 Å². The summed E-state index contributed by atoms with van der Waals surface area (Å²) in [6.07, 6.45) is 0.503. The third kappa shape index (κ3) is 2.75. The molecule has 2 aromatic rings. The van der Waals surface area contributed by atoms with Crippen LogP contribution < -0.4 is 0 Å². The van der Waals surface area contributed by atoms with Gasteiger partial charge in [-0.15, -0.1) is 0 Å². The summed E-state index contributed by atoms with van der Waals surface area (Å²) in [4.78, 5) is 0. The van der Waals surface area contributed by atoms with Crippen molar-refractivity contribution in [3.05, 3.63) is 71.8 Å². The lowest BCUT2D eigenvalue weighted by atomic mass is 9.87. The van der Waals surface area contributed by atoms with Gasteiger partial charge in [-0.05, 0) is 17.5 Å². The highest BCUT2D eigenvalue weighted by molar-refractivity contribution is 5.26. The summed E-state index contributed by atoms with van der Waals surface area (Å²) in [6.45, 7) is 2.11. The molecule has 1 N–H and O–H groups in total. The summed E-state index contributed by atoms with van der Waals surface area (Å²) < 4.78 is 0. The smallest absolute Gasteiger partial charge is 0.0858 e. The third-order valence-corrected chi connectivity index (χ3v) is 3.19. The minimum Gasteiger partial charge on any atom is -0.388 e. The Morgan fingerprint density at radius 3 is 1.76 bits per heavy atom. The fourth-order valence-corrected chi connectivity index (χ4v) is 2.22. The summed E-state index contributed by atoms with van der Waals surface area (Å²) in [7, 11) is 0. The predicted molar refractivity (Wildman–Crippen MR) is 70.9 cm³/mol. The predicted octanol–water partition coefficient (Wildman–Crippen LogP) is 3.91. The van der Waals surface area contributed by atoms with Gasteiger partial charge in [-0.2, -0.15) is 0 Å². The van der Waals surface area contributed by atoms with Gasteiger partial charge in [0.2, 0.25) is 0 Å². The maximum Gasteiger partial charge on any atom is 0.0858 e. The van der Waals surface area contributed by atoms with E-state index in [2.05, 4.69) is 19.1 Å². The maximum atomic E-state index is 10.4. The molecule has 88 valence electrons. The Labute approximate surface area is 103 Å². The van der Waals surface area contributed by atoms with E-state index in [1.807, 2.05) is 48.5 Å². The topological polar surface area (TPSA) is 20.2 Å². The molecule has 0 saturated heterocycles. The highest BCUT2D eigenvalue weighted by Crippen LogP contribution is 2.33. The van der Waals surface area contributed by atoms with Crippen LogP contribution >= 0.6 is 0 Å². The first-order valence-corrected chi connectivity index (χ1v) is 6.11. The van der Waals surface area contributed by atoms with Crippen LogP contribution in [0.2, 0.25) is 0 Å². The number of hydrogen-bond donors (Lipinski definition) is 1. The average Bonchev–Trinajstić information content (AvgIpc) is 2.42. The largest absolute Gasteiger partial charge is 0.388 e. The van der Waals surface area contributed by atoms with Crippen LogP contribution in [-0.4, -0.2) is 5.11 Å². The minimum absolute atomic E-state index is 0.165. The number of benzene rings is 2. The molecule has 0 aliphatic carbocycles. The van der Waals surface area contributed by atoms with E-state index < -0.39 is 6.10 Å². The van der Waals surface area contributed by atoms with E-state index in [0.29, 0.717) is 0 Å². The van der Waals surface area contributed by atoms with Crippen LogP contribution in [0.4, 0.5) is 0 Å². The van der Waals surface area contributed by atoms with E-state index in [4.69, 9.17) is 0 Å². The van der Waals surface area contributed by atoms with Crippen molar-refractivity contribution in [3.63, 3.8) is 0 Å². The third-order valence-electron chi connectivity index (χ3n) is 3.19. The summed E-state index contributed by atoms with van der Waals surface area (Å²) in [6, 6.07) is 20.1. The maximum absolute atomic E-state index is 10.4. The van der Waals surface area contributed by atoms with Gasteiger partial charge in [0.25, 0.3) is 0 Å². The van der Waals surface area contributed by atoms with Crippen molar-refractivity contribution in [2.45, 2.75) is 25.4 Å². The Morgan fingerprint density at radius 2 is 1.29 bits per heavy atom. The number of rotatable bonds is 4. The van der Waals surface area contributed by atoms with Crippen molar-refractivity contribution in [1.82, 2.24) is 0 Å². The van der Waals surface area contributed by atoms with Crippen LogP contribution in [0.5, 0.6) is 0 Å². The first-order valence-electron chi connectivity index (χ1n) is 6.11. The van der Waals surface area contributed by atoms with Gasteiger partial charge in [-0.3, -0.25) is 0 Å². The van der Waals surface area contributed by atoms with E-state index in [0.717, 1.165) is 12.0 Å². The molecule has 2 aromatic carbocycles. The van der Waals surface area contributed by atoms with Gasteiger partial charge in [0.1, 0.15) is 0 Å². The Balaban J connectivity index is 2.25. The van der Waals surface area contributed by atoms with Crippen LogP contribution in [0.3, 0.4) is 0 Å². The fourth-order valence-electron chi connectivity index (χ4n) is 2.22. The van der Waals surface area contributed by atoms with Crippen LogP contribution in [-0.2, 0) is 0 Å². The van der Waals surface area contributed by atoms with E-state index in [1.165, 1.54) is 5.56 Å². The molecule has 0 aliphatic heterocycles. The van der Waals surface area contributed by atoms with Crippen LogP contribution in [0, 0.1) is 0 Å². The molecule has 0 fully saturated rings. The molecule has 0 amide bonds. The lowest BCUT2D eigenvalue weighted by Crippen LogP contribution is -2.10. The lowest BCUT2D eigenvalue weighted by molar-refractivity contribution is 0.142. The van der Waals surface area contributed by atoms with Gasteiger partial charge in [0.15, 0.2) is 0 Å². The monoisotopic (exact) mass is 226 g/mol. The SMILES string of the molecule is CCC(c1ccccc1)[C@H](O)c1ccccc1. The first kappa shape index (κ1) is 11.9. The summed E-state index contributed by atoms with van der Waals surface area (Å²) in [5.41, 5.74) is 2.19. The number of hydrogen-bond acceptors (Lipinski definition) is 1. The van der Waals surface area contributed by atoms with Crippen LogP contribution in [0.25, 0.3) is 0 Å². The summed E-state index contributed by atoms with van der Waals surface area (Å²) in [5.74, 6) is 0.165. The Morgan fingerprint density at radius 1 is 0.824 bits per heavy atom. The molecule has 0 aliphatic rings. The van der Waals surface area contributed by atoms with Crippen molar-refractivity contribution < 1.29 is 5.11 Å². The van der Waals surface area contributed by atoms with E-state index in [1.54, 1.807) is 0 Å². The summed E-state index contributed by atoms with van der Waals surface area (Å²) in [5, 5.41) is 10.4. The molecule has 0 bridgehead atoms. The lowest BCUT2D eigenvalue weighted by Gasteiger charge is -2.22. The molecule has 2 rings (SSSR count). The van der Waals surface area contributed by atoms with Gasteiger partial charge < -0.3 is 5.11 Å². The van der Waals surface area contributed by atoms with Crippen LogP contribution in [0.1, 0.15) is 36.5 Å². The van der Waals surface area contributed by atoms with E-state index in [9.17, 15) is 5.11 Å². The zero-order valence-electron chi connectivity index (χ0n) is 10.1. The second-order valence-electron chi connectivity index (χ2n) is 4.28. The highest BCUT2D eigenvalue weighted by Gasteiger charge is 2.20. The molecule has 17 heavy (non-hydrogen) atoms. The molecule has 0 spiro atoms. The normalized spacial score (nSPS) is 14.2. The zero-order chi connectivity index (χ0) is 12.1. The second kappa shape index (κ2) is 5.65. The minimum atomic E-state index is -0.427. The van der Waals surface area contributed by atoms with Gasteiger partial charge in [0, 0.05) is 5.92 Å². The van der Waals surface area contributed by atoms with E-state index >= 15 is 0 Å². The number of aliphatic hydroxyl groups is 1. The molecule has 1 nitrogen and oxygen atoms in total. The molecule has 0 heterocycles. The van der Waals surface area contributed by atoms with Crippen molar-refractivity contribution >= 4 is 0 Å². The molecular formula is C16H18O.